The maximum atomic E-state index is 5.13. The van der Waals surface area contributed by atoms with Crippen molar-refractivity contribution in [2.45, 2.75) is 0 Å². The summed E-state index contributed by atoms with van der Waals surface area (Å²) in [6.07, 6.45) is 0. The first-order chi connectivity index (χ1) is 8.83. The Kier molecular flexibility index (Phi) is 4.89. The molecule has 0 aromatic heterocycles. The summed E-state index contributed by atoms with van der Waals surface area (Å²) in [5.74, 6) is 0. The first-order valence-electron chi connectivity index (χ1n) is 5.62. The van der Waals surface area contributed by atoms with Gasteiger partial charge in [-0.05, 0) is 21.5 Å². The second-order valence-electron chi connectivity index (χ2n) is 3.77. The molecule has 18 heavy (non-hydrogen) atoms. The SMILES string of the molecule is CO[Si]c1ccc(-c2ccc([Si]OC)cc2)cc1. The molecule has 0 saturated carbocycles. The normalized spacial score (nSPS) is 10.6. The Morgan fingerprint density at radius 1 is 0.611 bits per heavy atom. The monoisotopic (exact) mass is 270 g/mol. The predicted molar refractivity (Wildman–Crippen MR) is 76.7 cm³/mol. The first-order valence-corrected chi connectivity index (χ1v) is 7.43. The number of hydrogen-bond acceptors (Lipinski definition) is 2. The number of rotatable bonds is 5. The highest BCUT2D eigenvalue weighted by atomic mass is 28.2. The van der Waals surface area contributed by atoms with Gasteiger partial charge >= 0.3 is 0 Å². The molecule has 0 bridgehead atoms. The van der Waals surface area contributed by atoms with Crippen LogP contribution in [0.3, 0.4) is 0 Å². The summed E-state index contributed by atoms with van der Waals surface area (Å²) >= 11 is 0. The van der Waals surface area contributed by atoms with E-state index in [9.17, 15) is 0 Å². The molecule has 0 heterocycles. The smallest absolute Gasteiger partial charge is 0.268 e. The lowest BCUT2D eigenvalue weighted by atomic mass is 10.1. The summed E-state index contributed by atoms with van der Waals surface area (Å²) in [5.41, 5.74) is 2.46. The topological polar surface area (TPSA) is 18.5 Å². The molecule has 2 aromatic rings. The van der Waals surface area contributed by atoms with Gasteiger partial charge < -0.3 is 8.85 Å². The standard InChI is InChI=1S/C14H14O2Si2/c1-15-17-13-7-3-11(4-8-13)12-5-9-14(10-6-12)18-16-2/h3-10H,1-2H3. The van der Waals surface area contributed by atoms with E-state index in [-0.39, 0.29) is 0 Å². The molecule has 0 aliphatic rings. The lowest BCUT2D eigenvalue weighted by Gasteiger charge is -2.04. The van der Waals surface area contributed by atoms with Gasteiger partial charge in [0.25, 0.3) is 19.5 Å². The lowest BCUT2D eigenvalue weighted by molar-refractivity contribution is 0.450. The quantitative estimate of drug-likeness (QED) is 0.759. The molecule has 90 valence electrons. The van der Waals surface area contributed by atoms with Crippen molar-refractivity contribution >= 4 is 29.9 Å². The minimum Gasteiger partial charge on any atom is -0.415 e. The molecule has 0 spiro atoms. The molecule has 0 atom stereocenters. The zero-order valence-electron chi connectivity index (χ0n) is 10.4. The Bertz CT molecular complexity index is 433. The van der Waals surface area contributed by atoms with Crippen molar-refractivity contribution in [3.8, 4) is 11.1 Å². The highest BCUT2D eigenvalue weighted by molar-refractivity contribution is 6.47. The van der Waals surface area contributed by atoms with Crippen molar-refractivity contribution in [2.24, 2.45) is 0 Å². The van der Waals surface area contributed by atoms with E-state index in [1.165, 1.54) is 21.5 Å². The van der Waals surface area contributed by atoms with Gasteiger partial charge in [0.1, 0.15) is 0 Å². The van der Waals surface area contributed by atoms with Crippen LogP contribution in [-0.4, -0.2) is 33.7 Å². The van der Waals surface area contributed by atoms with Crippen LogP contribution in [0.2, 0.25) is 0 Å². The van der Waals surface area contributed by atoms with Crippen LogP contribution in [0, 0.1) is 0 Å². The van der Waals surface area contributed by atoms with Crippen molar-refractivity contribution < 1.29 is 8.85 Å². The molecule has 2 nitrogen and oxygen atoms in total. The fourth-order valence-electron chi connectivity index (χ4n) is 1.70. The lowest BCUT2D eigenvalue weighted by Crippen LogP contribution is -2.15. The second kappa shape index (κ2) is 6.65. The van der Waals surface area contributed by atoms with Crippen molar-refractivity contribution in [1.29, 1.82) is 0 Å². The zero-order chi connectivity index (χ0) is 12.8. The Labute approximate surface area is 113 Å². The van der Waals surface area contributed by atoms with E-state index < -0.39 is 0 Å². The molecule has 4 heteroatoms. The minimum atomic E-state index is 0.424. The third kappa shape index (κ3) is 3.40. The Morgan fingerprint density at radius 2 is 0.944 bits per heavy atom. The molecule has 0 aliphatic carbocycles. The predicted octanol–water partition coefficient (Wildman–Crippen LogP) is 1.14. The summed E-state index contributed by atoms with van der Waals surface area (Å²) < 4.78 is 10.3. The Balaban J connectivity index is 2.15. The molecule has 4 radical (unpaired) electrons. The fraction of sp³-hybridized carbons (Fsp3) is 0.143. The van der Waals surface area contributed by atoms with E-state index in [2.05, 4.69) is 48.5 Å². The maximum Gasteiger partial charge on any atom is 0.268 e. The summed E-state index contributed by atoms with van der Waals surface area (Å²) in [6, 6.07) is 17.0. The number of hydrogen-bond donors (Lipinski definition) is 0. The van der Waals surface area contributed by atoms with Crippen LogP contribution in [-0.2, 0) is 8.85 Å². The highest BCUT2D eigenvalue weighted by Gasteiger charge is 2.00. The van der Waals surface area contributed by atoms with Crippen LogP contribution in [0.25, 0.3) is 11.1 Å². The summed E-state index contributed by atoms with van der Waals surface area (Å²) in [5, 5.41) is 2.44. The molecule has 0 aliphatic heterocycles. The summed E-state index contributed by atoms with van der Waals surface area (Å²) in [7, 11) is 4.29. The molecular weight excluding hydrogens is 256 g/mol. The van der Waals surface area contributed by atoms with Gasteiger partial charge in [-0.2, -0.15) is 0 Å². The molecule has 0 N–H and O–H groups in total. The van der Waals surface area contributed by atoms with E-state index in [4.69, 9.17) is 8.85 Å². The van der Waals surface area contributed by atoms with Gasteiger partial charge in [-0.25, -0.2) is 0 Å². The summed E-state index contributed by atoms with van der Waals surface area (Å²) in [4.78, 5) is 0. The van der Waals surface area contributed by atoms with Crippen LogP contribution < -0.4 is 10.4 Å². The van der Waals surface area contributed by atoms with Gasteiger partial charge in [0, 0.05) is 14.2 Å². The van der Waals surface area contributed by atoms with Gasteiger partial charge in [-0.15, -0.1) is 0 Å². The van der Waals surface area contributed by atoms with Gasteiger partial charge in [-0.1, -0.05) is 48.5 Å². The largest absolute Gasteiger partial charge is 0.415 e. The second-order valence-corrected chi connectivity index (χ2v) is 6.15. The molecule has 0 fully saturated rings. The maximum absolute atomic E-state index is 5.13. The highest BCUT2D eigenvalue weighted by Crippen LogP contribution is 2.16. The van der Waals surface area contributed by atoms with E-state index in [0.29, 0.717) is 19.5 Å². The van der Waals surface area contributed by atoms with Gasteiger partial charge in [0.05, 0.1) is 0 Å². The summed E-state index contributed by atoms with van der Waals surface area (Å²) in [6.45, 7) is 0. The van der Waals surface area contributed by atoms with Crippen LogP contribution in [0.5, 0.6) is 0 Å². The molecule has 0 unspecified atom stereocenters. The molecule has 0 saturated heterocycles. The minimum absolute atomic E-state index is 0.424. The molecule has 0 amide bonds. The number of benzene rings is 2. The first kappa shape index (κ1) is 13.2. The van der Waals surface area contributed by atoms with Crippen LogP contribution in [0.1, 0.15) is 0 Å². The van der Waals surface area contributed by atoms with Gasteiger partial charge in [-0.3, -0.25) is 0 Å². The van der Waals surface area contributed by atoms with Crippen molar-refractivity contribution in [2.75, 3.05) is 14.2 Å². The third-order valence-electron chi connectivity index (χ3n) is 2.54. The van der Waals surface area contributed by atoms with Crippen LogP contribution >= 0.6 is 0 Å². The van der Waals surface area contributed by atoms with E-state index in [1.54, 1.807) is 14.2 Å². The van der Waals surface area contributed by atoms with E-state index >= 15 is 0 Å². The van der Waals surface area contributed by atoms with Gasteiger partial charge in [0.15, 0.2) is 0 Å². The van der Waals surface area contributed by atoms with E-state index in [0.717, 1.165) is 0 Å². The van der Waals surface area contributed by atoms with Crippen LogP contribution in [0.15, 0.2) is 48.5 Å². The van der Waals surface area contributed by atoms with E-state index in [1.807, 2.05) is 0 Å². The fourth-order valence-corrected chi connectivity index (χ4v) is 2.77. The Morgan fingerprint density at radius 3 is 1.22 bits per heavy atom. The third-order valence-corrected chi connectivity index (χ3v) is 4.09. The van der Waals surface area contributed by atoms with Crippen LogP contribution in [0.4, 0.5) is 0 Å². The molecule has 2 rings (SSSR count). The Hall–Kier alpha value is -1.21. The molecular formula is C14H14O2Si2. The van der Waals surface area contributed by atoms with Gasteiger partial charge in [0.2, 0.25) is 0 Å². The average molecular weight is 270 g/mol. The van der Waals surface area contributed by atoms with Crippen molar-refractivity contribution in [3.63, 3.8) is 0 Å². The molecule has 2 aromatic carbocycles. The zero-order valence-corrected chi connectivity index (χ0v) is 12.4. The van der Waals surface area contributed by atoms with Crippen molar-refractivity contribution in [3.05, 3.63) is 48.5 Å². The van der Waals surface area contributed by atoms with Crippen molar-refractivity contribution in [1.82, 2.24) is 0 Å². The average Bonchev–Trinajstić information content (AvgIpc) is 2.41.